The van der Waals surface area contributed by atoms with Crippen molar-refractivity contribution in [3.8, 4) is 11.4 Å². The summed E-state index contributed by atoms with van der Waals surface area (Å²) in [5.41, 5.74) is 0.637. The molecule has 0 atom stereocenters. The van der Waals surface area contributed by atoms with Gasteiger partial charge in [-0.1, -0.05) is 13.8 Å². The number of rotatable bonds is 4. The van der Waals surface area contributed by atoms with Gasteiger partial charge in [-0.05, 0) is 12.0 Å². The zero-order valence-electron chi connectivity index (χ0n) is 10.6. The third-order valence-electron chi connectivity index (χ3n) is 2.36. The van der Waals surface area contributed by atoms with Crippen LogP contribution in [0.4, 0.5) is 0 Å². The quantitative estimate of drug-likeness (QED) is 0.846. The number of hydrogen-bond acceptors (Lipinski definition) is 6. The summed E-state index contributed by atoms with van der Waals surface area (Å²) in [7, 11) is -3.91. The molecule has 19 heavy (non-hydrogen) atoms. The van der Waals surface area contributed by atoms with E-state index in [4.69, 9.17) is 5.14 Å². The van der Waals surface area contributed by atoms with Gasteiger partial charge in [0.25, 0.3) is 15.2 Å². The summed E-state index contributed by atoms with van der Waals surface area (Å²) in [5.74, 6) is 0.623. The van der Waals surface area contributed by atoms with E-state index in [1.165, 1.54) is 17.0 Å². The second kappa shape index (κ2) is 5.02. The van der Waals surface area contributed by atoms with E-state index in [0.717, 1.165) is 0 Å². The van der Waals surface area contributed by atoms with E-state index >= 15 is 0 Å². The first-order valence-electron chi connectivity index (χ1n) is 5.62. The minimum Gasteiger partial charge on any atom is -0.296 e. The molecule has 2 heterocycles. The van der Waals surface area contributed by atoms with E-state index in [1.54, 1.807) is 6.07 Å². The molecule has 9 heteroatoms. The summed E-state index contributed by atoms with van der Waals surface area (Å²) in [4.78, 5) is 0. The summed E-state index contributed by atoms with van der Waals surface area (Å²) >= 11 is 0. The molecular formula is C10H14N6O2S. The maximum Gasteiger partial charge on any atom is 0.273 e. The van der Waals surface area contributed by atoms with Crippen molar-refractivity contribution in [2.75, 3.05) is 0 Å². The SMILES string of the molecule is CC(C)Cn1c(-c2ccnnc2)nnc1S(N)(=O)=O. The highest BCUT2D eigenvalue weighted by Crippen LogP contribution is 2.20. The molecule has 0 aliphatic rings. The predicted octanol–water partition coefficient (Wildman–Crippen LogP) is 0.0385. The van der Waals surface area contributed by atoms with Crippen LogP contribution in [0.3, 0.4) is 0 Å². The fourth-order valence-corrected chi connectivity index (χ4v) is 2.29. The van der Waals surface area contributed by atoms with Crippen LogP contribution in [0.1, 0.15) is 13.8 Å². The van der Waals surface area contributed by atoms with Gasteiger partial charge in [-0.3, -0.25) is 4.57 Å². The van der Waals surface area contributed by atoms with Gasteiger partial charge < -0.3 is 0 Å². The third kappa shape index (κ3) is 2.93. The van der Waals surface area contributed by atoms with Gasteiger partial charge in [-0.15, -0.1) is 10.2 Å². The van der Waals surface area contributed by atoms with Crippen molar-refractivity contribution in [2.24, 2.45) is 11.1 Å². The molecule has 0 aliphatic carbocycles. The lowest BCUT2D eigenvalue weighted by atomic mass is 10.2. The lowest BCUT2D eigenvalue weighted by Gasteiger charge is -2.11. The summed E-state index contributed by atoms with van der Waals surface area (Å²) in [6.45, 7) is 4.36. The summed E-state index contributed by atoms with van der Waals surface area (Å²) in [6.07, 6.45) is 2.99. The van der Waals surface area contributed by atoms with Gasteiger partial charge in [-0.2, -0.15) is 10.2 Å². The van der Waals surface area contributed by atoms with Crippen molar-refractivity contribution in [3.63, 3.8) is 0 Å². The van der Waals surface area contributed by atoms with Gasteiger partial charge in [0.05, 0.1) is 12.4 Å². The lowest BCUT2D eigenvalue weighted by molar-refractivity contribution is 0.486. The topological polar surface area (TPSA) is 117 Å². The molecule has 2 N–H and O–H groups in total. The Morgan fingerprint density at radius 3 is 2.58 bits per heavy atom. The number of nitrogens with two attached hydrogens (primary N) is 1. The molecule has 0 unspecified atom stereocenters. The molecule has 0 radical (unpaired) electrons. The van der Waals surface area contributed by atoms with Crippen LogP contribution in [0.2, 0.25) is 0 Å². The van der Waals surface area contributed by atoms with Crippen LogP contribution in [0.25, 0.3) is 11.4 Å². The van der Waals surface area contributed by atoms with Crippen LogP contribution in [0.5, 0.6) is 0 Å². The molecule has 0 spiro atoms. The van der Waals surface area contributed by atoms with Gasteiger partial charge in [-0.25, -0.2) is 13.6 Å². The van der Waals surface area contributed by atoms with Crippen LogP contribution >= 0.6 is 0 Å². The Morgan fingerprint density at radius 1 is 1.32 bits per heavy atom. The number of primary sulfonamides is 1. The molecule has 102 valence electrons. The standard InChI is InChI=1S/C10H14N6O2S/c1-7(2)6-16-9(8-3-4-12-13-5-8)14-15-10(16)19(11,17)18/h3-5,7H,6H2,1-2H3,(H2,11,17,18). The Bertz CT molecular complexity index is 665. The van der Waals surface area contributed by atoms with Crippen LogP contribution in [-0.4, -0.2) is 33.4 Å². The van der Waals surface area contributed by atoms with E-state index in [9.17, 15) is 8.42 Å². The highest BCUT2D eigenvalue weighted by Gasteiger charge is 2.22. The van der Waals surface area contributed by atoms with Crippen molar-refractivity contribution >= 4 is 10.0 Å². The molecule has 0 bridgehead atoms. The minimum absolute atomic E-state index is 0.213. The van der Waals surface area contributed by atoms with E-state index in [0.29, 0.717) is 17.9 Å². The van der Waals surface area contributed by atoms with E-state index in [1.807, 2.05) is 13.8 Å². The maximum atomic E-state index is 11.5. The molecule has 0 saturated carbocycles. The number of aromatic nitrogens is 5. The Labute approximate surface area is 110 Å². The Hall–Kier alpha value is -1.87. The third-order valence-corrected chi connectivity index (χ3v) is 3.17. The molecule has 0 fully saturated rings. The smallest absolute Gasteiger partial charge is 0.273 e. The second-order valence-electron chi connectivity index (χ2n) is 4.49. The molecule has 2 aromatic heterocycles. The van der Waals surface area contributed by atoms with Crippen LogP contribution in [0.15, 0.2) is 23.6 Å². The summed E-state index contributed by atoms with van der Waals surface area (Å²) < 4.78 is 24.5. The zero-order chi connectivity index (χ0) is 14.0. The van der Waals surface area contributed by atoms with E-state index in [-0.39, 0.29) is 11.1 Å². The first kappa shape index (κ1) is 13.6. The number of sulfonamides is 1. The minimum atomic E-state index is -3.91. The fraction of sp³-hybridized carbons (Fsp3) is 0.400. The van der Waals surface area contributed by atoms with Crippen LogP contribution in [0, 0.1) is 5.92 Å². The monoisotopic (exact) mass is 282 g/mol. The van der Waals surface area contributed by atoms with Gasteiger partial charge >= 0.3 is 0 Å². The number of hydrogen-bond donors (Lipinski definition) is 1. The number of nitrogens with zero attached hydrogens (tertiary/aromatic N) is 5. The highest BCUT2D eigenvalue weighted by atomic mass is 32.2. The normalized spacial score (nSPS) is 12.0. The first-order valence-corrected chi connectivity index (χ1v) is 7.17. The van der Waals surface area contributed by atoms with Gasteiger partial charge in [0, 0.05) is 12.1 Å². The van der Waals surface area contributed by atoms with Crippen LogP contribution < -0.4 is 5.14 Å². The van der Waals surface area contributed by atoms with Crippen molar-refractivity contribution in [1.29, 1.82) is 0 Å². The van der Waals surface area contributed by atoms with E-state index in [2.05, 4.69) is 20.4 Å². The molecule has 0 saturated heterocycles. The van der Waals surface area contributed by atoms with Crippen LogP contribution in [-0.2, 0) is 16.6 Å². The van der Waals surface area contributed by atoms with Crippen molar-refractivity contribution in [1.82, 2.24) is 25.0 Å². The average Bonchev–Trinajstić information content (AvgIpc) is 2.72. The lowest BCUT2D eigenvalue weighted by Crippen LogP contribution is -2.20. The molecular weight excluding hydrogens is 268 g/mol. The van der Waals surface area contributed by atoms with Gasteiger partial charge in [0.15, 0.2) is 5.82 Å². The molecule has 0 aromatic carbocycles. The predicted molar refractivity (Wildman–Crippen MR) is 67.3 cm³/mol. The zero-order valence-corrected chi connectivity index (χ0v) is 11.4. The molecule has 2 aromatic rings. The Kier molecular flexibility index (Phi) is 3.58. The van der Waals surface area contributed by atoms with Crippen molar-refractivity contribution < 1.29 is 8.42 Å². The maximum absolute atomic E-state index is 11.5. The van der Waals surface area contributed by atoms with E-state index < -0.39 is 10.0 Å². The summed E-state index contributed by atoms with van der Waals surface area (Å²) in [6, 6.07) is 1.68. The molecule has 0 aliphatic heterocycles. The Morgan fingerprint density at radius 2 is 2.05 bits per heavy atom. The molecule has 0 amide bonds. The summed E-state index contributed by atoms with van der Waals surface area (Å²) in [5, 5.41) is 19.9. The molecule has 2 rings (SSSR count). The van der Waals surface area contributed by atoms with Gasteiger partial charge in [0.2, 0.25) is 0 Å². The highest BCUT2D eigenvalue weighted by molar-refractivity contribution is 7.89. The molecule has 8 nitrogen and oxygen atoms in total. The average molecular weight is 282 g/mol. The van der Waals surface area contributed by atoms with Crippen molar-refractivity contribution in [2.45, 2.75) is 25.5 Å². The Balaban J connectivity index is 2.60. The van der Waals surface area contributed by atoms with Crippen molar-refractivity contribution in [3.05, 3.63) is 18.5 Å². The van der Waals surface area contributed by atoms with Gasteiger partial charge in [0.1, 0.15) is 0 Å². The largest absolute Gasteiger partial charge is 0.296 e. The second-order valence-corrected chi connectivity index (χ2v) is 5.94. The fourth-order valence-electron chi connectivity index (χ4n) is 1.67. The first-order chi connectivity index (χ1) is 8.89.